The molecule has 0 bridgehead atoms. The summed E-state index contributed by atoms with van der Waals surface area (Å²) in [6.45, 7) is 0. The average molecular weight is 396 g/mol. The predicted octanol–water partition coefficient (Wildman–Crippen LogP) is 5.46. The van der Waals surface area contributed by atoms with Crippen LogP contribution in [0.1, 0.15) is 22.9 Å². The minimum absolute atomic E-state index is 0.559. The minimum atomic E-state index is -3.15. The first-order chi connectivity index (χ1) is 14.2. The Morgan fingerprint density at radius 3 is 1.48 bits per heavy atom. The molecule has 1 aliphatic heterocycles. The average Bonchev–Trinajstić information content (AvgIpc) is 3.05. The highest BCUT2D eigenvalue weighted by Crippen LogP contribution is 2.66. The van der Waals surface area contributed by atoms with Crippen LogP contribution in [-0.4, -0.2) is 5.11 Å². The normalized spacial score (nSPS) is 15.9. The van der Waals surface area contributed by atoms with E-state index in [-0.39, 0.29) is 0 Å². The van der Waals surface area contributed by atoms with Crippen LogP contribution in [0.5, 0.6) is 0 Å². The van der Waals surface area contributed by atoms with Crippen LogP contribution in [0, 0.1) is 0 Å². The Bertz CT molecular complexity index is 1150. The van der Waals surface area contributed by atoms with Crippen molar-refractivity contribution < 1.29 is 9.67 Å². The fourth-order valence-electron chi connectivity index (χ4n) is 4.49. The molecule has 0 amide bonds. The van der Waals surface area contributed by atoms with E-state index in [1.807, 2.05) is 109 Å². The zero-order valence-electron chi connectivity index (χ0n) is 15.8. The van der Waals surface area contributed by atoms with Gasteiger partial charge >= 0.3 is 0 Å². The molecule has 0 spiro atoms. The van der Waals surface area contributed by atoms with Gasteiger partial charge in [-0.2, -0.15) is 0 Å². The van der Waals surface area contributed by atoms with E-state index >= 15 is 4.57 Å². The minimum Gasteiger partial charge on any atom is -0.387 e. The molecule has 1 aliphatic rings. The lowest BCUT2D eigenvalue weighted by molar-refractivity contribution is 0.171. The van der Waals surface area contributed by atoms with Crippen LogP contribution in [0.25, 0.3) is 11.1 Å². The molecule has 0 unspecified atom stereocenters. The number of hydrogen-bond acceptors (Lipinski definition) is 2. The van der Waals surface area contributed by atoms with Gasteiger partial charge in [0.15, 0.2) is 7.14 Å². The Morgan fingerprint density at radius 2 is 0.966 bits per heavy atom. The number of aliphatic hydroxyl groups excluding tert-OH is 1. The lowest BCUT2D eigenvalue weighted by Gasteiger charge is -2.31. The molecule has 0 aliphatic carbocycles. The van der Waals surface area contributed by atoms with E-state index in [1.165, 1.54) is 0 Å². The van der Waals surface area contributed by atoms with Gasteiger partial charge in [-0.3, -0.25) is 0 Å². The molecule has 1 heterocycles. The molecular formula is C26H21O2P. The van der Waals surface area contributed by atoms with Gasteiger partial charge in [0, 0.05) is 10.6 Å². The van der Waals surface area contributed by atoms with Crippen molar-refractivity contribution in [2.24, 2.45) is 0 Å². The third-order valence-corrected chi connectivity index (χ3v) is 9.36. The van der Waals surface area contributed by atoms with Crippen LogP contribution in [0.15, 0.2) is 109 Å². The predicted molar refractivity (Wildman–Crippen MR) is 119 cm³/mol. The third-order valence-electron chi connectivity index (χ3n) is 5.79. The van der Waals surface area contributed by atoms with E-state index in [4.69, 9.17) is 0 Å². The molecule has 3 heteroatoms. The van der Waals surface area contributed by atoms with Crippen LogP contribution in [0.3, 0.4) is 0 Å². The van der Waals surface area contributed by atoms with Crippen LogP contribution in [0.4, 0.5) is 0 Å². The van der Waals surface area contributed by atoms with Crippen molar-refractivity contribution in [3.63, 3.8) is 0 Å². The second-order valence-corrected chi connectivity index (χ2v) is 10.2. The van der Waals surface area contributed by atoms with E-state index in [0.717, 1.165) is 32.9 Å². The lowest BCUT2D eigenvalue weighted by atomic mass is 10.0. The van der Waals surface area contributed by atoms with E-state index in [2.05, 4.69) is 0 Å². The van der Waals surface area contributed by atoms with Gasteiger partial charge in [-0.1, -0.05) is 109 Å². The standard InChI is InChI=1S/C26H21O2P/c27-25(19-11-3-1-4-12-19)26(20-13-5-2-6-14-20)29(28)23-17-9-7-15-21(23)22-16-8-10-18-24(22)29/h1-18,25-27H/t25-,26-/m1/s1. The van der Waals surface area contributed by atoms with Crippen molar-refractivity contribution in [2.45, 2.75) is 11.8 Å². The number of rotatable bonds is 4. The Hall–Kier alpha value is -2.93. The highest BCUT2D eigenvalue weighted by molar-refractivity contribution is 7.80. The second kappa shape index (κ2) is 7.15. The molecule has 5 rings (SSSR count). The molecule has 142 valence electrons. The van der Waals surface area contributed by atoms with Crippen molar-refractivity contribution in [2.75, 3.05) is 0 Å². The van der Waals surface area contributed by atoms with E-state index in [1.54, 1.807) is 0 Å². The van der Waals surface area contributed by atoms with E-state index in [9.17, 15) is 5.11 Å². The number of hydrogen-bond donors (Lipinski definition) is 1. The topological polar surface area (TPSA) is 37.3 Å². The van der Waals surface area contributed by atoms with E-state index in [0.29, 0.717) is 0 Å². The monoisotopic (exact) mass is 396 g/mol. The van der Waals surface area contributed by atoms with Gasteiger partial charge in [0.25, 0.3) is 0 Å². The maximum absolute atomic E-state index is 15.0. The van der Waals surface area contributed by atoms with Crippen LogP contribution in [-0.2, 0) is 4.57 Å². The van der Waals surface area contributed by atoms with Gasteiger partial charge < -0.3 is 9.67 Å². The molecule has 1 N–H and O–H groups in total. The van der Waals surface area contributed by atoms with Gasteiger partial charge in [0.1, 0.15) is 0 Å². The van der Waals surface area contributed by atoms with Crippen molar-refractivity contribution in [3.8, 4) is 11.1 Å². The van der Waals surface area contributed by atoms with Crippen molar-refractivity contribution in [1.82, 2.24) is 0 Å². The first-order valence-corrected chi connectivity index (χ1v) is 11.6. The largest absolute Gasteiger partial charge is 0.387 e. The smallest absolute Gasteiger partial charge is 0.154 e. The molecule has 0 saturated carbocycles. The van der Waals surface area contributed by atoms with E-state index < -0.39 is 18.9 Å². The van der Waals surface area contributed by atoms with Crippen LogP contribution >= 0.6 is 7.14 Å². The number of benzene rings is 4. The summed E-state index contributed by atoms with van der Waals surface area (Å²) < 4.78 is 15.0. The second-order valence-electron chi connectivity index (χ2n) is 7.40. The molecule has 2 atom stereocenters. The molecule has 4 aromatic rings. The fraction of sp³-hybridized carbons (Fsp3) is 0.0769. The summed E-state index contributed by atoms with van der Waals surface area (Å²) in [5.74, 6) is 0. The summed E-state index contributed by atoms with van der Waals surface area (Å²) in [5.41, 5.74) is 3.12. The molecule has 0 saturated heterocycles. The molecule has 29 heavy (non-hydrogen) atoms. The Balaban J connectivity index is 1.80. The summed E-state index contributed by atoms with van der Waals surface area (Å²) in [5, 5.41) is 13.2. The van der Waals surface area contributed by atoms with Gasteiger partial charge in [0.2, 0.25) is 0 Å². The number of fused-ring (bicyclic) bond motifs is 3. The first-order valence-electron chi connectivity index (χ1n) is 9.78. The molecule has 0 radical (unpaired) electrons. The van der Waals surface area contributed by atoms with Crippen molar-refractivity contribution in [1.29, 1.82) is 0 Å². The molecule has 4 aromatic carbocycles. The number of aliphatic hydroxyl groups is 1. The summed E-state index contributed by atoms with van der Waals surface area (Å²) in [7, 11) is -3.15. The molecular weight excluding hydrogens is 375 g/mol. The summed E-state index contributed by atoms with van der Waals surface area (Å²) >= 11 is 0. The Kier molecular flexibility index (Phi) is 4.47. The maximum Gasteiger partial charge on any atom is 0.154 e. The van der Waals surface area contributed by atoms with Gasteiger partial charge in [-0.25, -0.2) is 0 Å². The Morgan fingerprint density at radius 1 is 0.552 bits per heavy atom. The van der Waals surface area contributed by atoms with Crippen molar-refractivity contribution >= 4 is 17.8 Å². The molecule has 2 nitrogen and oxygen atoms in total. The van der Waals surface area contributed by atoms with Crippen LogP contribution < -0.4 is 10.6 Å². The summed E-state index contributed by atoms with van der Waals surface area (Å²) in [4.78, 5) is 0. The maximum atomic E-state index is 15.0. The third kappa shape index (κ3) is 2.80. The zero-order valence-corrected chi connectivity index (χ0v) is 16.7. The molecule has 0 fully saturated rings. The zero-order chi connectivity index (χ0) is 19.8. The van der Waals surface area contributed by atoms with Gasteiger partial charge in [-0.05, 0) is 22.3 Å². The SMILES string of the molecule is O=P1([C@H](c2ccccc2)[C@H](O)c2ccccc2)c2ccccc2-c2ccccc21. The fourth-order valence-corrected chi connectivity index (χ4v) is 8.23. The summed E-state index contributed by atoms with van der Waals surface area (Å²) in [6.07, 6.45) is -0.886. The van der Waals surface area contributed by atoms with Crippen LogP contribution in [0.2, 0.25) is 0 Å². The highest BCUT2D eigenvalue weighted by atomic mass is 31.2. The Labute approximate surface area is 170 Å². The molecule has 0 aromatic heterocycles. The quantitative estimate of drug-likeness (QED) is 0.466. The lowest BCUT2D eigenvalue weighted by Crippen LogP contribution is -2.22. The first kappa shape index (κ1) is 18.1. The van der Waals surface area contributed by atoms with Crippen molar-refractivity contribution in [3.05, 3.63) is 120 Å². The summed E-state index contributed by atoms with van der Waals surface area (Å²) in [6, 6.07) is 35.2. The van der Waals surface area contributed by atoms with Gasteiger partial charge in [0.05, 0.1) is 11.8 Å². The highest BCUT2D eigenvalue weighted by Gasteiger charge is 2.48. The van der Waals surface area contributed by atoms with Gasteiger partial charge in [-0.15, -0.1) is 0 Å².